The highest BCUT2D eigenvalue weighted by molar-refractivity contribution is 5.31. The van der Waals surface area contributed by atoms with Crippen LogP contribution in [0.5, 0.6) is 0 Å². The molecule has 0 spiro atoms. The fourth-order valence-electron chi connectivity index (χ4n) is 3.99. The topological polar surface area (TPSA) is 38.9 Å². The Morgan fingerprint density at radius 2 is 1.88 bits per heavy atom. The first kappa shape index (κ1) is 16.1. The maximum Gasteiger partial charge on any atom is 0.0769 e. The van der Waals surface area contributed by atoms with E-state index in [1.165, 1.54) is 24.1 Å². The third-order valence-electron chi connectivity index (χ3n) is 5.29. The molecule has 130 valence electrons. The zero-order valence-electron chi connectivity index (χ0n) is 15.2. The quantitative estimate of drug-likeness (QED) is 0.732. The van der Waals surface area contributed by atoms with E-state index >= 15 is 0 Å². The van der Waals surface area contributed by atoms with Gasteiger partial charge in [0.15, 0.2) is 0 Å². The standard InChI is InChI=1S/C20H25N5/c1-15-20(16(2)23(3)21-15)19-10-7-12-24(19)14-17-11-13-25(22-17)18-8-5-4-6-9-18/h4-6,8-9,11,13,19H,7,10,12,14H2,1-3H3/t19-/m0/s1. The fourth-order valence-corrected chi connectivity index (χ4v) is 3.99. The molecule has 0 radical (unpaired) electrons. The molecule has 1 aromatic carbocycles. The van der Waals surface area contributed by atoms with Crippen LogP contribution in [0.25, 0.3) is 5.69 Å². The van der Waals surface area contributed by atoms with E-state index < -0.39 is 0 Å². The molecule has 5 nitrogen and oxygen atoms in total. The summed E-state index contributed by atoms with van der Waals surface area (Å²) in [6.45, 7) is 6.31. The lowest BCUT2D eigenvalue weighted by atomic mass is 10.0. The Hall–Kier alpha value is -2.40. The molecule has 1 fully saturated rings. The molecule has 1 aliphatic rings. The minimum Gasteiger partial charge on any atom is -0.290 e. The van der Waals surface area contributed by atoms with E-state index in [0.717, 1.165) is 30.2 Å². The van der Waals surface area contributed by atoms with Gasteiger partial charge in [0.25, 0.3) is 0 Å². The number of hydrogen-bond donors (Lipinski definition) is 0. The summed E-state index contributed by atoms with van der Waals surface area (Å²) < 4.78 is 3.96. The Kier molecular flexibility index (Phi) is 4.17. The van der Waals surface area contributed by atoms with Crippen molar-refractivity contribution in [3.05, 3.63) is 65.2 Å². The summed E-state index contributed by atoms with van der Waals surface area (Å²) in [5.41, 5.74) is 6.07. The SMILES string of the molecule is Cc1nn(C)c(C)c1[C@@H]1CCCN1Cc1ccn(-c2ccccc2)n1. The van der Waals surface area contributed by atoms with Gasteiger partial charge in [-0.1, -0.05) is 18.2 Å². The first-order valence-corrected chi connectivity index (χ1v) is 8.97. The summed E-state index contributed by atoms with van der Waals surface area (Å²) in [5.74, 6) is 0. The van der Waals surface area contributed by atoms with Crippen molar-refractivity contribution in [3.8, 4) is 5.69 Å². The van der Waals surface area contributed by atoms with Gasteiger partial charge in [0.2, 0.25) is 0 Å². The minimum absolute atomic E-state index is 0.454. The Morgan fingerprint density at radius 3 is 2.60 bits per heavy atom. The number of benzene rings is 1. The van der Waals surface area contributed by atoms with Crippen LogP contribution in [0.3, 0.4) is 0 Å². The van der Waals surface area contributed by atoms with Gasteiger partial charge in [0.1, 0.15) is 0 Å². The van der Waals surface area contributed by atoms with Crippen molar-refractivity contribution in [2.75, 3.05) is 6.54 Å². The van der Waals surface area contributed by atoms with E-state index in [1.54, 1.807) is 0 Å². The lowest BCUT2D eigenvalue weighted by Gasteiger charge is -2.24. The molecule has 2 aromatic heterocycles. The third-order valence-corrected chi connectivity index (χ3v) is 5.29. The summed E-state index contributed by atoms with van der Waals surface area (Å²) in [4.78, 5) is 2.55. The highest BCUT2D eigenvalue weighted by atomic mass is 15.3. The molecule has 5 heteroatoms. The molecule has 1 aliphatic heterocycles. The van der Waals surface area contributed by atoms with E-state index in [1.807, 2.05) is 34.6 Å². The monoisotopic (exact) mass is 335 g/mol. The summed E-state index contributed by atoms with van der Waals surface area (Å²) in [6.07, 6.45) is 4.49. The Balaban J connectivity index is 1.55. The molecule has 3 aromatic rings. The molecule has 25 heavy (non-hydrogen) atoms. The molecule has 0 aliphatic carbocycles. The number of nitrogens with zero attached hydrogens (tertiary/aromatic N) is 5. The van der Waals surface area contributed by atoms with E-state index in [-0.39, 0.29) is 0 Å². The summed E-state index contributed by atoms with van der Waals surface area (Å²) in [5, 5.41) is 9.39. The Bertz CT molecular complexity index is 862. The summed E-state index contributed by atoms with van der Waals surface area (Å²) in [6, 6.07) is 12.9. The van der Waals surface area contributed by atoms with Crippen molar-refractivity contribution < 1.29 is 0 Å². The molecule has 4 rings (SSSR count). The number of aryl methyl sites for hydroxylation is 2. The predicted octanol–water partition coefficient (Wildman–Crippen LogP) is 3.56. The molecular weight excluding hydrogens is 310 g/mol. The molecule has 3 heterocycles. The van der Waals surface area contributed by atoms with Crippen LogP contribution in [0.15, 0.2) is 42.6 Å². The van der Waals surface area contributed by atoms with Gasteiger partial charge in [0.05, 0.1) is 17.1 Å². The van der Waals surface area contributed by atoms with Crippen LogP contribution >= 0.6 is 0 Å². The van der Waals surface area contributed by atoms with Crippen molar-refractivity contribution in [3.63, 3.8) is 0 Å². The second-order valence-corrected chi connectivity index (χ2v) is 6.92. The normalized spacial score (nSPS) is 18.1. The van der Waals surface area contributed by atoms with Crippen LogP contribution < -0.4 is 0 Å². The van der Waals surface area contributed by atoms with Crippen LogP contribution in [0.4, 0.5) is 0 Å². The van der Waals surface area contributed by atoms with Crippen LogP contribution in [-0.2, 0) is 13.6 Å². The second-order valence-electron chi connectivity index (χ2n) is 6.92. The molecule has 0 N–H and O–H groups in total. The first-order valence-electron chi connectivity index (χ1n) is 8.97. The number of aromatic nitrogens is 4. The van der Waals surface area contributed by atoms with Crippen molar-refractivity contribution >= 4 is 0 Å². The van der Waals surface area contributed by atoms with Gasteiger partial charge in [-0.3, -0.25) is 9.58 Å². The Labute approximate surface area is 148 Å². The van der Waals surface area contributed by atoms with Gasteiger partial charge < -0.3 is 0 Å². The van der Waals surface area contributed by atoms with Crippen molar-refractivity contribution in [1.82, 2.24) is 24.5 Å². The zero-order valence-corrected chi connectivity index (χ0v) is 15.2. The molecule has 1 saturated heterocycles. The number of hydrogen-bond acceptors (Lipinski definition) is 3. The molecule has 0 amide bonds. The second kappa shape index (κ2) is 6.48. The number of rotatable bonds is 4. The van der Waals surface area contributed by atoms with Gasteiger partial charge in [-0.05, 0) is 51.4 Å². The molecule has 0 bridgehead atoms. The smallest absolute Gasteiger partial charge is 0.0769 e. The molecule has 0 unspecified atom stereocenters. The zero-order chi connectivity index (χ0) is 17.4. The number of likely N-dealkylation sites (tertiary alicyclic amines) is 1. The lowest BCUT2D eigenvalue weighted by Crippen LogP contribution is -2.24. The van der Waals surface area contributed by atoms with Gasteiger partial charge in [-0.2, -0.15) is 10.2 Å². The summed E-state index contributed by atoms with van der Waals surface area (Å²) >= 11 is 0. The van der Waals surface area contributed by atoms with E-state index in [2.05, 4.69) is 48.2 Å². The predicted molar refractivity (Wildman–Crippen MR) is 98.6 cm³/mol. The third kappa shape index (κ3) is 3.00. The lowest BCUT2D eigenvalue weighted by molar-refractivity contribution is 0.244. The average molecular weight is 335 g/mol. The van der Waals surface area contributed by atoms with E-state index in [0.29, 0.717) is 6.04 Å². The minimum atomic E-state index is 0.454. The van der Waals surface area contributed by atoms with E-state index in [9.17, 15) is 0 Å². The highest BCUT2D eigenvalue weighted by Gasteiger charge is 2.30. The van der Waals surface area contributed by atoms with Gasteiger partial charge >= 0.3 is 0 Å². The first-order chi connectivity index (χ1) is 12.1. The van der Waals surface area contributed by atoms with Gasteiger partial charge in [-0.25, -0.2) is 4.68 Å². The van der Waals surface area contributed by atoms with Gasteiger partial charge in [-0.15, -0.1) is 0 Å². The fraction of sp³-hybridized carbons (Fsp3) is 0.400. The number of para-hydroxylation sites is 1. The average Bonchev–Trinajstić information content (AvgIpc) is 3.31. The van der Waals surface area contributed by atoms with Crippen molar-refractivity contribution in [1.29, 1.82) is 0 Å². The molecular formula is C20H25N5. The van der Waals surface area contributed by atoms with Crippen molar-refractivity contribution in [2.45, 2.75) is 39.3 Å². The largest absolute Gasteiger partial charge is 0.290 e. The van der Waals surface area contributed by atoms with Crippen LogP contribution in [-0.4, -0.2) is 31.0 Å². The molecule has 0 saturated carbocycles. The maximum absolute atomic E-state index is 4.78. The van der Waals surface area contributed by atoms with Gasteiger partial charge in [0, 0.05) is 37.1 Å². The van der Waals surface area contributed by atoms with Crippen LogP contribution in [0.1, 0.15) is 41.5 Å². The summed E-state index contributed by atoms with van der Waals surface area (Å²) in [7, 11) is 2.03. The highest BCUT2D eigenvalue weighted by Crippen LogP contribution is 2.36. The van der Waals surface area contributed by atoms with E-state index in [4.69, 9.17) is 5.10 Å². The van der Waals surface area contributed by atoms with Crippen LogP contribution in [0, 0.1) is 13.8 Å². The molecule has 1 atom stereocenters. The maximum atomic E-state index is 4.78. The van der Waals surface area contributed by atoms with Crippen LogP contribution in [0.2, 0.25) is 0 Å². The van der Waals surface area contributed by atoms with Crippen molar-refractivity contribution in [2.24, 2.45) is 7.05 Å². The Morgan fingerprint density at radius 1 is 1.08 bits per heavy atom.